The van der Waals surface area contributed by atoms with Gasteiger partial charge in [-0.1, -0.05) is 41.4 Å². The molecule has 0 unspecified atom stereocenters. The van der Waals surface area contributed by atoms with E-state index in [4.69, 9.17) is 17.3 Å². The molecule has 0 radical (unpaired) electrons. The highest BCUT2D eigenvalue weighted by Crippen LogP contribution is 2.26. The number of nitrogens with zero attached hydrogens (tertiary/aromatic N) is 3. The normalized spacial score (nSPS) is 11.3. The highest BCUT2D eigenvalue weighted by atomic mass is 35.5. The molecule has 0 saturated carbocycles. The van der Waals surface area contributed by atoms with Crippen LogP contribution in [-0.2, 0) is 0 Å². The highest BCUT2D eigenvalue weighted by Gasteiger charge is 2.25. The topological polar surface area (TPSA) is 109 Å². The Morgan fingerprint density at radius 3 is 2.42 bits per heavy atom. The maximum atomic E-state index is 13.2. The summed E-state index contributed by atoms with van der Waals surface area (Å²) in [6, 6.07) is 16.5. The van der Waals surface area contributed by atoms with Crippen molar-refractivity contribution in [2.45, 2.75) is 32.7 Å². The monoisotopic (exact) mass is 464 g/mol. The first kappa shape index (κ1) is 24.5. The van der Waals surface area contributed by atoms with Crippen LogP contribution in [0.5, 0.6) is 0 Å². The second kappa shape index (κ2) is 10.6. The number of carbonyl (C=O) groups is 1. The van der Waals surface area contributed by atoms with Crippen LogP contribution < -0.4 is 16.4 Å². The van der Waals surface area contributed by atoms with Gasteiger partial charge in [-0.05, 0) is 58.0 Å². The lowest BCUT2D eigenvalue weighted by atomic mass is 10.0. The van der Waals surface area contributed by atoms with E-state index in [1.165, 1.54) is 0 Å². The molecule has 0 amide bonds. The van der Waals surface area contributed by atoms with Gasteiger partial charge in [0.2, 0.25) is 5.78 Å². The van der Waals surface area contributed by atoms with Crippen LogP contribution in [0.1, 0.15) is 47.4 Å². The summed E-state index contributed by atoms with van der Waals surface area (Å²) in [4.78, 5) is 13.2. The number of rotatable bonds is 10. The molecule has 0 bridgehead atoms. The molecule has 2 aromatic carbocycles. The number of carbonyl (C=O) groups excluding carboxylic acids is 1. The molecule has 7 nitrogen and oxygen atoms in total. The molecule has 3 aromatic rings. The van der Waals surface area contributed by atoms with Crippen LogP contribution in [0.4, 0.5) is 5.82 Å². The quantitative estimate of drug-likeness (QED) is 0.308. The Hall–Kier alpha value is -3.18. The van der Waals surface area contributed by atoms with Gasteiger partial charge in [-0.3, -0.25) is 4.79 Å². The standard InChI is InChI=1S/C25H29ClN6O/c1-17-5-7-18(8-6-17)23(33)22-21(15-27)24(30-14-4-13-29-16-25(2,3)28)32(31-22)20-11-9-19(26)10-12-20/h5-12,29-30H,4,13-14,16,28H2,1-3H3. The third-order valence-electron chi connectivity index (χ3n) is 5.00. The number of halogens is 1. The molecule has 0 spiro atoms. The zero-order valence-corrected chi connectivity index (χ0v) is 19.9. The predicted molar refractivity (Wildman–Crippen MR) is 132 cm³/mol. The molecule has 172 valence electrons. The minimum absolute atomic E-state index is 0.113. The number of ketones is 1. The highest BCUT2D eigenvalue weighted by molar-refractivity contribution is 6.30. The van der Waals surface area contributed by atoms with Crippen molar-refractivity contribution in [3.8, 4) is 11.8 Å². The summed E-state index contributed by atoms with van der Waals surface area (Å²) in [6.07, 6.45) is 0.800. The zero-order chi connectivity index (χ0) is 24.0. The van der Waals surface area contributed by atoms with Crippen molar-refractivity contribution in [1.82, 2.24) is 15.1 Å². The first-order valence-electron chi connectivity index (χ1n) is 10.8. The molecule has 0 aliphatic carbocycles. The number of nitrogens with two attached hydrogens (primary N) is 1. The summed E-state index contributed by atoms with van der Waals surface area (Å²) in [7, 11) is 0. The van der Waals surface area contributed by atoms with Gasteiger partial charge in [0.1, 0.15) is 17.5 Å². The Labute approximate surface area is 199 Å². The van der Waals surface area contributed by atoms with Crippen molar-refractivity contribution in [2.24, 2.45) is 5.73 Å². The van der Waals surface area contributed by atoms with Crippen LogP contribution in [0, 0.1) is 18.3 Å². The Morgan fingerprint density at radius 2 is 1.82 bits per heavy atom. The van der Waals surface area contributed by atoms with E-state index in [2.05, 4.69) is 21.8 Å². The molecule has 0 saturated heterocycles. The Morgan fingerprint density at radius 1 is 1.15 bits per heavy atom. The van der Waals surface area contributed by atoms with Crippen molar-refractivity contribution in [1.29, 1.82) is 5.26 Å². The molecule has 3 rings (SSSR count). The Balaban J connectivity index is 1.89. The van der Waals surface area contributed by atoms with Gasteiger partial charge >= 0.3 is 0 Å². The molecule has 0 atom stereocenters. The van der Waals surface area contributed by atoms with Crippen molar-refractivity contribution >= 4 is 23.2 Å². The summed E-state index contributed by atoms with van der Waals surface area (Å²) < 4.78 is 1.59. The lowest BCUT2D eigenvalue weighted by molar-refractivity contribution is 0.103. The predicted octanol–water partition coefficient (Wildman–Crippen LogP) is 4.07. The summed E-state index contributed by atoms with van der Waals surface area (Å²) in [5.74, 6) is 0.184. The molecule has 0 fully saturated rings. The molecular formula is C25H29ClN6O. The van der Waals surface area contributed by atoms with Crippen LogP contribution in [0.25, 0.3) is 5.69 Å². The molecule has 0 aliphatic heterocycles. The maximum Gasteiger partial charge on any atom is 0.214 e. The third-order valence-corrected chi connectivity index (χ3v) is 5.25. The van der Waals surface area contributed by atoms with Gasteiger partial charge in [0.25, 0.3) is 0 Å². The van der Waals surface area contributed by atoms with E-state index >= 15 is 0 Å². The van der Waals surface area contributed by atoms with Crippen LogP contribution in [0.3, 0.4) is 0 Å². The largest absolute Gasteiger partial charge is 0.369 e. The third kappa shape index (κ3) is 6.42. The number of hydrogen-bond donors (Lipinski definition) is 3. The number of nitrogens with one attached hydrogen (secondary N) is 2. The SMILES string of the molecule is Cc1ccc(C(=O)c2nn(-c3ccc(Cl)cc3)c(NCCCNCC(C)(C)N)c2C#N)cc1. The Kier molecular flexibility index (Phi) is 7.88. The molecule has 8 heteroatoms. The second-order valence-electron chi connectivity index (χ2n) is 8.71. The molecule has 4 N–H and O–H groups in total. The van der Waals surface area contributed by atoms with Gasteiger partial charge in [0, 0.05) is 29.2 Å². The summed E-state index contributed by atoms with van der Waals surface area (Å²) in [5.41, 5.74) is 8.28. The number of nitriles is 1. The number of hydrogen-bond acceptors (Lipinski definition) is 6. The lowest BCUT2D eigenvalue weighted by Gasteiger charge is -2.19. The number of aromatic nitrogens is 2. The van der Waals surface area contributed by atoms with Gasteiger partial charge in [-0.2, -0.15) is 10.4 Å². The van der Waals surface area contributed by atoms with E-state index in [1.54, 1.807) is 41.1 Å². The minimum Gasteiger partial charge on any atom is -0.369 e. The van der Waals surface area contributed by atoms with Crippen LogP contribution >= 0.6 is 11.6 Å². The fraction of sp³-hybridized carbons (Fsp3) is 0.320. The van der Waals surface area contributed by atoms with Gasteiger partial charge in [-0.25, -0.2) is 4.68 Å². The van der Waals surface area contributed by atoms with Gasteiger partial charge < -0.3 is 16.4 Å². The molecule has 0 aliphatic rings. The number of benzene rings is 2. The fourth-order valence-corrected chi connectivity index (χ4v) is 3.41. The maximum absolute atomic E-state index is 13.2. The smallest absolute Gasteiger partial charge is 0.214 e. The molecule has 1 heterocycles. The molecular weight excluding hydrogens is 436 g/mol. The van der Waals surface area contributed by atoms with E-state index < -0.39 is 0 Å². The van der Waals surface area contributed by atoms with Crippen molar-refractivity contribution in [3.05, 3.63) is 75.9 Å². The average Bonchev–Trinajstić information content (AvgIpc) is 3.14. The van der Waals surface area contributed by atoms with Gasteiger partial charge in [0.15, 0.2) is 5.69 Å². The average molecular weight is 465 g/mol. The van der Waals surface area contributed by atoms with E-state index in [-0.39, 0.29) is 22.6 Å². The summed E-state index contributed by atoms with van der Waals surface area (Å²) in [6.45, 7) is 7.94. The number of anilines is 1. The van der Waals surface area contributed by atoms with Gasteiger partial charge in [0.05, 0.1) is 5.69 Å². The lowest BCUT2D eigenvalue weighted by Crippen LogP contribution is -2.43. The first-order chi connectivity index (χ1) is 15.7. The van der Waals surface area contributed by atoms with Crippen molar-refractivity contribution in [3.63, 3.8) is 0 Å². The second-order valence-corrected chi connectivity index (χ2v) is 9.15. The van der Waals surface area contributed by atoms with Crippen LogP contribution in [0.15, 0.2) is 48.5 Å². The first-order valence-corrected chi connectivity index (χ1v) is 11.2. The van der Waals surface area contributed by atoms with E-state index in [0.717, 1.165) is 18.5 Å². The van der Waals surface area contributed by atoms with E-state index in [9.17, 15) is 10.1 Å². The fourth-order valence-electron chi connectivity index (χ4n) is 3.29. The van der Waals surface area contributed by atoms with Crippen molar-refractivity contribution in [2.75, 3.05) is 25.0 Å². The summed E-state index contributed by atoms with van der Waals surface area (Å²) in [5, 5.41) is 21.7. The number of aryl methyl sites for hydroxylation is 1. The van der Waals surface area contributed by atoms with Gasteiger partial charge in [-0.15, -0.1) is 0 Å². The molecule has 1 aromatic heterocycles. The van der Waals surface area contributed by atoms with Crippen LogP contribution in [-0.4, -0.2) is 40.7 Å². The van der Waals surface area contributed by atoms with E-state index in [0.29, 0.717) is 35.2 Å². The van der Waals surface area contributed by atoms with Crippen LogP contribution in [0.2, 0.25) is 5.02 Å². The Bertz CT molecular complexity index is 1140. The van der Waals surface area contributed by atoms with E-state index in [1.807, 2.05) is 32.9 Å². The summed E-state index contributed by atoms with van der Waals surface area (Å²) >= 11 is 6.04. The minimum atomic E-state index is -0.297. The zero-order valence-electron chi connectivity index (χ0n) is 19.2. The van der Waals surface area contributed by atoms with Crippen molar-refractivity contribution < 1.29 is 4.79 Å². The molecule has 33 heavy (non-hydrogen) atoms.